The summed E-state index contributed by atoms with van der Waals surface area (Å²) < 4.78 is 60.4. The van der Waals surface area contributed by atoms with Gasteiger partial charge < -0.3 is 109 Å². The molecular formula is C50H80O22. The van der Waals surface area contributed by atoms with Crippen molar-refractivity contribution < 1.29 is 109 Å². The molecule has 10 aliphatic rings. The van der Waals surface area contributed by atoms with E-state index in [0.29, 0.717) is 48.3 Å². The normalized spacial score (nSPS) is 56.7. The first kappa shape index (κ1) is 54.2. The van der Waals surface area contributed by atoms with Gasteiger partial charge in [-0.25, -0.2) is 0 Å². The minimum atomic E-state index is -1.98. The van der Waals surface area contributed by atoms with Gasteiger partial charge in [0.15, 0.2) is 30.9 Å². The van der Waals surface area contributed by atoms with Crippen molar-refractivity contribution in [3.63, 3.8) is 0 Å². The smallest absolute Gasteiger partial charge is 0.187 e. The molecule has 6 saturated heterocycles. The van der Waals surface area contributed by atoms with Crippen molar-refractivity contribution in [3.05, 3.63) is 11.6 Å². The van der Waals surface area contributed by atoms with Gasteiger partial charge in [0.05, 0.1) is 45.2 Å². The van der Waals surface area contributed by atoms with E-state index in [2.05, 4.69) is 33.8 Å². The summed E-state index contributed by atoms with van der Waals surface area (Å²) in [5, 5.41) is 129. The van der Waals surface area contributed by atoms with E-state index in [-0.39, 0.29) is 23.0 Å². The van der Waals surface area contributed by atoms with Gasteiger partial charge in [-0.05, 0) is 91.8 Å². The Morgan fingerprint density at radius 2 is 1.24 bits per heavy atom. The van der Waals surface area contributed by atoms with Crippen LogP contribution < -0.4 is 0 Å². The highest BCUT2D eigenvalue weighted by molar-refractivity contribution is 5.26. The van der Waals surface area contributed by atoms with E-state index in [9.17, 15) is 61.3 Å². The molecule has 22 heteroatoms. The lowest BCUT2D eigenvalue weighted by Crippen LogP contribution is -2.67. The van der Waals surface area contributed by atoms with Gasteiger partial charge in [-0.15, -0.1) is 0 Å². The number of allylic oxidation sites excluding steroid dienone is 1. The molecule has 0 aromatic carbocycles. The van der Waals surface area contributed by atoms with E-state index in [0.717, 1.165) is 51.6 Å². The van der Waals surface area contributed by atoms with E-state index in [4.69, 9.17) is 47.4 Å². The number of fused-ring (bicyclic) bond motifs is 7. The zero-order chi connectivity index (χ0) is 51.3. The summed E-state index contributed by atoms with van der Waals surface area (Å²) in [5.74, 6) is 2.54. The molecule has 9 fully saturated rings. The fourth-order valence-corrected chi connectivity index (χ4v) is 15.3. The van der Waals surface area contributed by atoms with Gasteiger partial charge in [-0.1, -0.05) is 39.3 Å². The second-order valence-electron chi connectivity index (χ2n) is 23.5. The molecule has 0 amide bonds. The van der Waals surface area contributed by atoms with E-state index in [1.165, 1.54) is 5.57 Å². The minimum Gasteiger partial charge on any atom is -0.394 e. The number of hydrogen-bond donors (Lipinski definition) is 12. The molecule has 0 aromatic heterocycles. The number of ether oxygens (including phenoxy) is 10. The molecule has 10 rings (SSSR count). The van der Waals surface area contributed by atoms with Crippen LogP contribution in [0.2, 0.25) is 0 Å². The summed E-state index contributed by atoms with van der Waals surface area (Å²) in [6.45, 7) is 7.39. The standard InChI is InChI=1S/C50H80O22/c1-20-7-12-50(64-18-20)21(2)32-28(72-50)14-26-24-6-5-22-13-23(8-10-48(22,3)25(24)9-11-49(26,32)4)65-44-39(61)37(59)41(31(17-53)68-44)69-46-40(62)42(35(57)30(16-52)67-46)70-47-43(33(55)27(54)19-63-47)71-45-38(60)36(58)34(56)29(15-51)66-45/h5,20-21,23-47,51-62H,6-19H2,1-4H3/t20-,21-,23+,24+,25-,26-,27+,28-,29+,30+,31+,32-,33-,34+,35+,36-,37+,38+,39+,40+,41+,42-,43+,44+,45-,46-,47-,48+,49-,50+/m1/s1. The first-order valence-electron chi connectivity index (χ1n) is 26.4. The number of aliphatic hydroxyl groups excluding tert-OH is 12. The Hall–Kier alpha value is -1.14. The monoisotopic (exact) mass is 1030 g/mol. The summed E-state index contributed by atoms with van der Waals surface area (Å²) in [5.41, 5.74) is 1.49. The van der Waals surface area contributed by atoms with E-state index < -0.39 is 149 Å². The van der Waals surface area contributed by atoms with Gasteiger partial charge in [0.1, 0.15) is 91.6 Å². The lowest BCUT2D eigenvalue weighted by molar-refractivity contribution is -0.389. The molecule has 30 atom stereocenters. The van der Waals surface area contributed by atoms with Crippen LogP contribution in [-0.4, -0.2) is 229 Å². The first-order chi connectivity index (χ1) is 34.3. The van der Waals surface area contributed by atoms with Gasteiger partial charge in [0.25, 0.3) is 0 Å². The Kier molecular flexibility index (Phi) is 15.7. The molecule has 6 heterocycles. The Morgan fingerprint density at radius 3 is 1.93 bits per heavy atom. The third-order valence-electron chi connectivity index (χ3n) is 19.4. The Balaban J connectivity index is 0.774. The Bertz CT molecular complexity index is 1890. The molecule has 412 valence electrons. The molecule has 12 N–H and O–H groups in total. The maximum absolute atomic E-state index is 11.6. The second-order valence-corrected chi connectivity index (χ2v) is 23.5. The third-order valence-corrected chi connectivity index (χ3v) is 19.4. The molecule has 0 bridgehead atoms. The minimum absolute atomic E-state index is 0.0267. The fraction of sp³-hybridized carbons (Fsp3) is 0.960. The van der Waals surface area contributed by atoms with Gasteiger partial charge in [-0.3, -0.25) is 0 Å². The van der Waals surface area contributed by atoms with Crippen LogP contribution in [0.25, 0.3) is 0 Å². The van der Waals surface area contributed by atoms with Crippen LogP contribution in [0.5, 0.6) is 0 Å². The molecule has 72 heavy (non-hydrogen) atoms. The maximum atomic E-state index is 11.6. The van der Waals surface area contributed by atoms with Crippen molar-refractivity contribution in [1.29, 1.82) is 0 Å². The third kappa shape index (κ3) is 9.18. The number of rotatable bonds is 11. The summed E-state index contributed by atoms with van der Waals surface area (Å²) in [4.78, 5) is 0. The highest BCUT2D eigenvalue weighted by Crippen LogP contribution is 2.70. The number of hydrogen-bond acceptors (Lipinski definition) is 22. The van der Waals surface area contributed by atoms with Crippen LogP contribution in [0.4, 0.5) is 0 Å². The molecule has 22 nitrogen and oxygen atoms in total. The topological polar surface area (TPSA) is 335 Å². The zero-order valence-corrected chi connectivity index (χ0v) is 41.5. The lowest BCUT2D eigenvalue weighted by atomic mass is 9.47. The second kappa shape index (κ2) is 20.9. The molecule has 1 spiro atoms. The highest BCUT2D eigenvalue weighted by atomic mass is 16.8. The van der Waals surface area contributed by atoms with Crippen molar-refractivity contribution in [2.24, 2.45) is 46.3 Å². The van der Waals surface area contributed by atoms with Gasteiger partial charge in [0, 0.05) is 12.3 Å². The fourth-order valence-electron chi connectivity index (χ4n) is 15.3. The van der Waals surface area contributed by atoms with Crippen molar-refractivity contribution >= 4 is 0 Å². The highest BCUT2D eigenvalue weighted by Gasteiger charge is 2.69. The first-order valence-corrected chi connectivity index (χ1v) is 26.4. The molecular weight excluding hydrogens is 953 g/mol. The molecule has 0 unspecified atom stereocenters. The van der Waals surface area contributed by atoms with Crippen LogP contribution in [0.15, 0.2) is 11.6 Å². The van der Waals surface area contributed by atoms with E-state index in [1.807, 2.05) is 0 Å². The van der Waals surface area contributed by atoms with Crippen molar-refractivity contribution in [2.45, 2.75) is 220 Å². The van der Waals surface area contributed by atoms with Gasteiger partial charge in [-0.2, -0.15) is 0 Å². The zero-order valence-electron chi connectivity index (χ0n) is 41.5. The average molecular weight is 1030 g/mol. The molecule has 3 saturated carbocycles. The van der Waals surface area contributed by atoms with Crippen LogP contribution in [0, 0.1) is 46.3 Å². The van der Waals surface area contributed by atoms with Crippen molar-refractivity contribution in [3.8, 4) is 0 Å². The SMILES string of the molecule is C[C@@H]1CC[C@]2(OC1)O[C@@H]1C[C@@H]3[C@H]4CC=C5C[C@@H](O[C@H]6O[C@@H](CO)[C@H](O[C@H]7O[C@@H](CO)[C@H](O)[C@@H](O[C@H]8OC[C@H](O)[C@@H](O)[C@@H]8O[C@H]8O[C@@H](CO)[C@H](O)[C@@H](O)[C@@H]8O)[C@@H]7O)[C@@H](O)[C@@H]6O)CC[C@]5(C)[C@@H]4CC[C@@]3(C)[C@@H]1[C@H]2C. The maximum Gasteiger partial charge on any atom is 0.187 e. The summed E-state index contributed by atoms with van der Waals surface area (Å²) in [6.07, 6.45) is -21.5. The van der Waals surface area contributed by atoms with Crippen LogP contribution in [-0.2, 0) is 47.4 Å². The molecule has 4 aliphatic carbocycles. The summed E-state index contributed by atoms with van der Waals surface area (Å²) >= 11 is 0. The number of aliphatic hydroxyl groups is 12. The molecule has 6 aliphatic heterocycles. The van der Waals surface area contributed by atoms with Crippen LogP contribution >= 0.6 is 0 Å². The summed E-state index contributed by atoms with van der Waals surface area (Å²) in [6, 6.07) is 0. The molecule has 0 radical (unpaired) electrons. The van der Waals surface area contributed by atoms with E-state index >= 15 is 0 Å². The van der Waals surface area contributed by atoms with Gasteiger partial charge in [0.2, 0.25) is 0 Å². The van der Waals surface area contributed by atoms with Crippen molar-refractivity contribution in [2.75, 3.05) is 33.0 Å². The van der Waals surface area contributed by atoms with Crippen molar-refractivity contribution in [1.82, 2.24) is 0 Å². The largest absolute Gasteiger partial charge is 0.394 e. The quantitative estimate of drug-likeness (QED) is 0.0964. The lowest BCUT2D eigenvalue weighted by Gasteiger charge is -2.58. The summed E-state index contributed by atoms with van der Waals surface area (Å²) in [7, 11) is 0. The van der Waals surface area contributed by atoms with E-state index in [1.54, 1.807) is 0 Å². The Morgan fingerprint density at radius 1 is 0.597 bits per heavy atom. The Labute approximate surface area is 419 Å². The van der Waals surface area contributed by atoms with Crippen LogP contribution in [0.1, 0.15) is 85.5 Å². The molecule has 0 aromatic rings. The van der Waals surface area contributed by atoms with Gasteiger partial charge >= 0.3 is 0 Å². The predicted molar refractivity (Wildman–Crippen MR) is 242 cm³/mol. The predicted octanol–water partition coefficient (Wildman–Crippen LogP) is -2.35. The van der Waals surface area contributed by atoms with Crippen LogP contribution in [0.3, 0.4) is 0 Å². The average Bonchev–Trinajstić information content (AvgIpc) is 3.82.